The molecule has 0 aromatic carbocycles. The largest absolute Gasteiger partial charge is 0.469 e. The highest BCUT2D eigenvalue weighted by Gasteiger charge is 2.50. The van der Waals surface area contributed by atoms with Gasteiger partial charge >= 0.3 is 11.9 Å². The lowest BCUT2D eigenvalue weighted by Crippen LogP contribution is -2.53. The van der Waals surface area contributed by atoms with E-state index in [1.165, 1.54) is 7.11 Å². The van der Waals surface area contributed by atoms with Gasteiger partial charge in [-0.25, -0.2) is 0 Å². The second kappa shape index (κ2) is 5.49. The first-order chi connectivity index (χ1) is 8.95. The molecule has 0 aromatic rings. The fourth-order valence-corrected chi connectivity index (χ4v) is 3.27. The molecule has 0 radical (unpaired) electrons. The summed E-state index contributed by atoms with van der Waals surface area (Å²) in [4.78, 5) is 26.1. The Morgan fingerprint density at radius 3 is 2.53 bits per heavy atom. The highest BCUT2D eigenvalue weighted by atomic mass is 16.6. The maximum atomic E-state index is 12.0. The van der Waals surface area contributed by atoms with Crippen molar-refractivity contribution < 1.29 is 19.1 Å². The minimum Gasteiger partial charge on any atom is -0.469 e. The molecule has 2 fully saturated rings. The third kappa shape index (κ3) is 2.61. The highest BCUT2D eigenvalue weighted by Crippen LogP contribution is 2.40. The number of piperidine rings is 1. The molecule has 0 saturated carbocycles. The van der Waals surface area contributed by atoms with E-state index in [1.807, 2.05) is 7.05 Å². The van der Waals surface area contributed by atoms with E-state index in [0.717, 1.165) is 19.3 Å². The summed E-state index contributed by atoms with van der Waals surface area (Å²) in [6, 6.07) is 0.548. The van der Waals surface area contributed by atoms with Crippen molar-refractivity contribution in [3.05, 3.63) is 0 Å². The average Bonchev–Trinajstić information content (AvgIpc) is 2.62. The zero-order valence-corrected chi connectivity index (χ0v) is 12.1. The summed E-state index contributed by atoms with van der Waals surface area (Å²) < 4.78 is 10.5. The monoisotopic (exact) mass is 269 g/mol. The molecule has 5 heteroatoms. The summed E-state index contributed by atoms with van der Waals surface area (Å²) in [5.41, 5.74) is 0. The van der Waals surface area contributed by atoms with E-state index in [4.69, 9.17) is 9.47 Å². The van der Waals surface area contributed by atoms with Crippen LogP contribution in [0.25, 0.3) is 0 Å². The highest BCUT2D eigenvalue weighted by molar-refractivity contribution is 5.76. The van der Waals surface area contributed by atoms with E-state index in [1.54, 1.807) is 13.8 Å². The van der Waals surface area contributed by atoms with Gasteiger partial charge in [0.25, 0.3) is 0 Å². The van der Waals surface area contributed by atoms with Crippen LogP contribution >= 0.6 is 0 Å². The van der Waals surface area contributed by atoms with Crippen LogP contribution in [0.1, 0.15) is 33.1 Å². The van der Waals surface area contributed by atoms with Crippen LogP contribution in [0.3, 0.4) is 0 Å². The van der Waals surface area contributed by atoms with E-state index in [0.29, 0.717) is 6.04 Å². The molecule has 0 aromatic heterocycles. The lowest BCUT2D eigenvalue weighted by molar-refractivity contribution is -0.170. The maximum Gasteiger partial charge on any atom is 0.314 e. The molecule has 0 amide bonds. The van der Waals surface area contributed by atoms with Crippen LogP contribution in [0.15, 0.2) is 0 Å². The van der Waals surface area contributed by atoms with E-state index in [2.05, 4.69) is 4.90 Å². The van der Waals surface area contributed by atoms with Crippen LogP contribution in [-0.4, -0.2) is 49.2 Å². The van der Waals surface area contributed by atoms with Crippen molar-refractivity contribution in [2.24, 2.45) is 11.8 Å². The Morgan fingerprint density at radius 1 is 1.26 bits per heavy atom. The second-order valence-electron chi connectivity index (χ2n) is 5.88. The quantitative estimate of drug-likeness (QED) is 0.721. The number of carbonyl (C=O) groups is 2. The summed E-state index contributed by atoms with van der Waals surface area (Å²) in [6.45, 7) is 3.61. The predicted octanol–water partition coefficient (Wildman–Crippen LogP) is 1.21. The molecule has 0 spiro atoms. The first-order valence-electron chi connectivity index (χ1n) is 6.96. The Labute approximate surface area is 114 Å². The van der Waals surface area contributed by atoms with Gasteiger partial charge in [0.2, 0.25) is 0 Å². The topological polar surface area (TPSA) is 55.8 Å². The van der Waals surface area contributed by atoms with Crippen molar-refractivity contribution in [2.75, 3.05) is 14.2 Å². The van der Waals surface area contributed by atoms with Gasteiger partial charge in [-0.1, -0.05) is 13.8 Å². The first kappa shape index (κ1) is 14.3. The van der Waals surface area contributed by atoms with Crippen molar-refractivity contribution in [2.45, 2.75) is 51.3 Å². The number of hydrogen-bond donors (Lipinski definition) is 0. The predicted molar refractivity (Wildman–Crippen MR) is 69.4 cm³/mol. The normalized spacial score (nSPS) is 34.4. The number of ether oxygens (including phenoxy) is 2. The molecule has 2 aliphatic rings. The summed E-state index contributed by atoms with van der Waals surface area (Å²) >= 11 is 0. The van der Waals surface area contributed by atoms with Crippen molar-refractivity contribution >= 4 is 11.9 Å². The summed E-state index contributed by atoms with van der Waals surface area (Å²) in [5.74, 6) is -1.02. The van der Waals surface area contributed by atoms with Crippen LogP contribution in [-0.2, 0) is 19.1 Å². The minimum atomic E-state index is -0.351. The van der Waals surface area contributed by atoms with Gasteiger partial charge in [0, 0.05) is 18.5 Å². The van der Waals surface area contributed by atoms with Crippen LogP contribution in [0.5, 0.6) is 0 Å². The summed E-state index contributed by atoms with van der Waals surface area (Å²) in [6.07, 6.45) is 2.42. The molecule has 4 unspecified atom stereocenters. The Hall–Kier alpha value is -1.10. The Bertz CT molecular complexity index is 368. The zero-order valence-electron chi connectivity index (χ0n) is 12.1. The molecule has 0 N–H and O–H groups in total. The molecule has 5 nitrogen and oxygen atoms in total. The van der Waals surface area contributed by atoms with Crippen molar-refractivity contribution in [1.29, 1.82) is 0 Å². The molecule has 108 valence electrons. The summed E-state index contributed by atoms with van der Waals surface area (Å²) in [5, 5.41) is 0. The number of hydrogen-bond acceptors (Lipinski definition) is 5. The Morgan fingerprint density at radius 2 is 1.95 bits per heavy atom. The smallest absolute Gasteiger partial charge is 0.314 e. The fourth-order valence-electron chi connectivity index (χ4n) is 3.27. The molecule has 2 rings (SSSR count). The van der Waals surface area contributed by atoms with E-state index >= 15 is 0 Å². The molecular formula is C14H23NO4. The van der Waals surface area contributed by atoms with Crippen molar-refractivity contribution in [3.8, 4) is 0 Å². The second-order valence-corrected chi connectivity index (χ2v) is 5.88. The van der Waals surface area contributed by atoms with Gasteiger partial charge in [-0.2, -0.15) is 0 Å². The fraction of sp³-hybridized carbons (Fsp3) is 0.857. The van der Waals surface area contributed by atoms with Crippen LogP contribution in [0.2, 0.25) is 0 Å². The van der Waals surface area contributed by atoms with Gasteiger partial charge in [0.05, 0.1) is 13.0 Å². The first-order valence-corrected chi connectivity index (χ1v) is 6.96. The zero-order chi connectivity index (χ0) is 14.2. The van der Waals surface area contributed by atoms with Crippen LogP contribution < -0.4 is 0 Å². The number of nitrogens with zero attached hydrogens (tertiary/aromatic N) is 1. The van der Waals surface area contributed by atoms with Gasteiger partial charge in [-0.3, -0.25) is 14.5 Å². The van der Waals surface area contributed by atoms with E-state index in [9.17, 15) is 9.59 Å². The summed E-state index contributed by atoms with van der Waals surface area (Å²) in [7, 11) is 3.43. The van der Waals surface area contributed by atoms with Gasteiger partial charge in [-0.05, 0) is 19.9 Å². The standard InChI is InChI=1S/C14H23NO4/c1-8(2)13(16)19-11-7-9-5-6-10(15(9)3)12(11)14(17)18-4/h8-12H,5-7H2,1-4H3. The van der Waals surface area contributed by atoms with Gasteiger partial charge < -0.3 is 9.47 Å². The number of fused-ring (bicyclic) bond motifs is 2. The molecule has 2 aliphatic heterocycles. The number of esters is 2. The van der Waals surface area contributed by atoms with Crippen LogP contribution in [0.4, 0.5) is 0 Å². The molecule has 2 saturated heterocycles. The number of methoxy groups -OCH3 is 1. The van der Waals surface area contributed by atoms with Gasteiger partial charge in [0.1, 0.15) is 12.0 Å². The molecular weight excluding hydrogens is 246 g/mol. The maximum absolute atomic E-state index is 12.0. The van der Waals surface area contributed by atoms with Gasteiger partial charge in [-0.15, -0.1) is 0 Å². The molecule has 19 heavy (non-hydrogen) atoms. The van der Waals surface area contributed by atoms with E-state index < -0.39 is 0 Å². The van der Waals surface area contributed by atoms with Crippen LogP contribution in [0, 0.1) is 11.8 Å². The Balaban J connectivity index is 2.16. The molecule has 2 bridgehead atoms. The molecule has 4 atom stereocenters. The SMILES string of the molecule is COC(=O)C1C(OC(=O)C(C)C)CC2CCC1N2C. The number of carbonyl (C=O) groups excluding carboxylic acids is 2. The Kier molecular flexibility index (Phi) is 4.13. The van der Waals surface area contributed by atoms with Crippen molar-refractivity contribution in [1.82, 2.24) is 4.90 Å². The van der Waals surface area contributed by atoms with E-state index in [-0.39, 0.29) is 35.9 Å². The number of rotatable bonds is 3. The molecule has 2 heterocycles. The lowest BCUT2D eigenvalue weighted by atomic mass is 9.87. The molecule has 0 aliphatic carbocycles. The van der Waals surface area contributed by atoms with Gasteiger partial charge in [0.15, 0.2) is 0 Å². The third-order valence-electron chi connectivity index (χ3n) is 4.43. The average molecular weight is 269 g/mol. The third-order valence-corrected chi connectivity index (χ3v) is 4.43. The minimum absolute atomic E-state index is 0.135. The lowest BCUT2D eigenvalue weighted by Gasteiger charge is -2.40. The van der Waals surface area contributed by atoms with Crippen molar-refractivity contribution in [3.63, 3.8) is 0 Å².